The molecule has 1 aromatic carbocycles. The van der Waals surface area contributed by atoms with Crippen molar-refractivity contribution in [3.63, 3.8) is 0 Å². The average Bonchev–Trinajstić information content (AvgIpc) is 3.15. The second kappa shape index (κ2) is 5.32. The van der Waals surface area contributed by atoms with Gasteiger partial charge in [-0.05, 0) is 18.9 Å². The van der Waals surface area contributed by atoms with Gasteiger partial charge in [-0.15, -0.1) is 0 Å². The van der Waals surface area contributed by atoms with Crippen molar-refractivity contribution in [3.8, 4) is 0 Å². The third-order valence-electron chi connectivity index (χ3n) is 3.27. The van der Waals surface area contributed by atoms with Crippen molar-refractivity contribution in [3.05, 3.63) is 30.0 Å². The van der Waals surface area contributed by atoms with Crippen LogP contribution in [0.15, 0.2) is 24.3 Å². The van der Waals surface area contributed by atoms with E-state index in [1.165, 1.54) is 0 Å². The highest BCUT2D eigenvalue weighted by atomic mass is 16.2. The Bertz CT molecular complexity index is 645. The third kappa shape index (κ3) is 2.79. The number of carbonyl (C=O) groups is 2. The maximum atomic E-state index is 12.0. The molecule has 0 unspecified atom stereocenters. The van der Waals surface area contributed by atoms with Crippen molar-refractivity contribution in [2.45, 2.75) is 25.3 Å². The fourth-order valence-electron chi connectivity index (χ4n) is 2.04. The van der Waals surface area contributed by atoms with Crippen molar-refractivity contribution in [2.24, 2.45) is 0 Å². The van der Waals surface area contributed by atoms with Gasteiger partial charge >= 0.3 is 0 Å². The van der Waals surface area contributed by atoms with Crippen LogP contribution in [0.25, 0.3) is 10.9 Å². The number of aromatic amines is 1. The minimum atomic E-state index is -0.262. The number of fused-ring (bicyclic) bond motifs is 1. The number of para-hydroxylation sites is 1. The minimum Gasteiger partial charge on any atom is -0.353 e. The Morgan fingerprint density at radius 2 is 2.10 bits per heavy atom. The topological polar surface area (TPSA) is 86.9 Å². The van der Waals surface area contributed by atoms with Crippen molar-refractivity contribution in [1.29, 1.82) is 0 Å². The van der Waals surface area contributed by atoms with E-state index in [0.717, 1.165) is 23.7 Å². The van der Waals surface area contributed by atoms with Gasteiger partial charge in [-0.3, -0.25) is 14.7 Å². The molecule has 3 N–H and O–H groups in total. The van der Waals surface area contributed by atoms with Gasteiger partial charge in [0.15, 0.2) is 5.69 Å². The largest absolute Gasteiger partial charge is 0.353 e. The zero-order valence-electron chi connectivity index (χ0n) is 11.0. The number of benzene rings is 1. The first-order chi connectivity index (χ1) is 9.74. The quantitative estimate of drug-likeness (QED) is 0.757. The number of hydrogen-bond donors (Lipinski definition) is 3. The molecule has 3 rings (SSSR count). The highest BCUT2D eigenvalue weighted by Gasteiger charge is 2.23. The molecule has 1 aliphatic rings. The summed E-state index contributed by atoms with van der Waals surface area (Å²) in [7, 11) is 0. The predicted molar refractivity (Wildman–Crippen MR) is 74.2 cm³/mol. The summed E-state index contributed by atoms with van der Waals surface area (Å²) < 4.78 is 0. The maximum Gasteiger partial charge on any atom is 0.272 e. The fourth-order valence-corrected chi connectivity index (χ4v) is 2.04. The van der Waals surface area contributed by atoms with E-state index < -0.39 is 0 Å². The van der Waals surface area contributed by atoms with Crippen molar-refractivity contribution < 1.29 is 9.59 Å². The number of nitrogens with one attached hydrogen (secondary N) is 3. The molecule has 1 heterocycles. The number of amides is 2. The van der Waals surface area contributed by atoms with E-state index in [4.69, 9.17) is 0 Å². The molecule has 104 valence electrons. The molecule has 1 aromatic heterocycles. The number of carbonyl (C=O) groups excluding carboxylic acids is 2. The van der Waals surface area contributed by atoms with Crippen LogP contribution in [0.5, 0.6) is 0 Å². The van der Waals surface area contributed by atoms with Crippen LogP contribution in [-0.2, 0) is 4.79 Å². The first-order valence-corrected chi connectivity index (χ1v) is 6.75. The van der Waals surface area contributed by atoms with Crippen LogP contribution in [0.1, 0.15) is 29.8 Å². The number of nitrogens with zero attached hydrogens (tertiary/aromatic N) is 1. The monoisotopic (exact) mass is 272 g/mol. The van der Waals surface area contributed by atoms with Gasteiger partial charge in [0.25, 0.3) is 5.91 Å². The Morgan fingerprint density at radius 1 is 1.30 bits per heavy atom. The van der Waals surface area contributed by atoms with Gasteiger partial charge in [-0.25, -0.2) is 0 Å². The highest BCUT2D eigenvalue weighted by molar-refractivity contribution is 6.04. The summed E-state index contributed by atoms with van der Waals surface area (Å²) >= 11 is 0. The summed E-state index contributed by atoms with van der Waals surface area (Å²) in [5, 5.41) is 13.2. The normalized spacial score (nSPS) is 14.2. The lowest BCUT2D eigenvalue weighted by Gasteiger charge is -2.04. The second-order valence-electron chi connectivity index (χ2n) is 4.97. The molecule has 6 nitrogen and oxygen atoms in total. The summed E-state index contributed by atoms with van der Waals surface area (Å²) in [5.74, 6) is -0.277. The smallest absolute Gasteiger partial charge is 0.272 e. The lowest BCUT2D eigenvalue weighted by molar-refractivity contribution is -0.121. The molecule has 0 atom stereocenters. The van der Waals surface area contributed by atoms with E-state index in [9.17, 15) is 9.59 Å². The zero-order chi connectivity index (χ0) is 13.9. The summed E-state index contributed by atoms with van der Waals surface area (Å²) in [6.45, 7) is 0.318. The van der Waals surface area contributed by atoms with E-state index in [2.05, 4.69) is 20.8 Å². The van der Waals surface area contributed by atoms with E-state index >= 15 is 0 Å². The second-order valence-corrected chi connectivity index (χ2v) is 4.97. The first kappa shape index (κ1) is 12.7. The van der Waals surface area contributed by atoms with Crippen LogP contribution in [0.2, 0.25) is 0 Å². The number of H-pyrrole nitrogens is 1. The summed E-state index contributed by atoms with van der Waals surface area (Å²) in [4.78, 5) is 23.5. The van der Waals surface area contributed by atoms with Crippen LogP contribution in [-0.4, -0.2) is 34.6 Å². The van der Waals surface area contributed by atoms with Gasteiger partial charge in [-0.1, -0.05) is 18.2 Å². The molecule has 1 fully saturated rings. The fraction of sp³-hybridized carbons (Fsp3) is 0.357. The molecular formula is C14H16N4O2. The van der Waals surface area contributed by atoms with Gasteiger partial charge in [-0.2, -0.15) is 5.10 Å². The number of rotatable bonds is 5. The lowest BCUT2D eigenvalue weighted by Crippen LogP contribution is -2.31. The summed E-state index contributed by atoms with van der Waals surface area (Å²) in [6.07, 6.45) is 2.43. The van der Waals surface area contributed by atoms with E-state index in [1.807, 2.05) is 24.3 Å². The van der Waals surface area contributed by atoms with E-state index in [-0.39, 0.29) is 11.8 Å². The van der Waals surface area contributed by atoms with Crippen LogP contribution < -0.4 is 10.6 Å². The number of hydrogen-bond acceptors (Lipinski definition) is 3. The predicted octanol–water partition coefficient (Wildman–Crippen LogP) is 0.961. The SMILES string of the molecule is O=C(CCNC(=O)c1n[nH]c2ccccc12)NC1CC1. The average molecular weight is 272 g/mol. The van der Waals surface area contributed by atoms with Crippen LogP contribution in [0.3, 0.4) is 0 Å². The van der Waals surface area contributed by atoms with E-state index in [1.54, 1.807) is 0 Å². The molecule has 1 saturated carbocycles. The number of aromatic nitrogens is 2. The van der Waals surface area contributed by atoms with Gasteiger partial charge in [0, 0.05) is 24.4 Å². The van der Waals surface area contributed by atoms with Crippen molar-refractivity contribution >= 4 is 22.7 Å². The molecular weight excluding hydrogens is 256 g/mol. The minimum absolute atomic E-state index is 0.0142. The molecule has 0 bridgehead atoms. The summed E-state index contributed by atoms with van der Waals surface area (Å²) in [6, 6.07) is 7.80. The van der Waals surface area contributed by atoms with Crippen molar-refractivity contribution in [2.75, 3.05) is 6.54 Å². The lowest BCUT2D eigenvalue weighted by atomic mass is 10.2. The maximum absolute atomic E-state index is 12.0. The molecule has 6 heteroatoms. The standard InChI is InChI=1S/C14H16N4O2/c19-12(16-9-5-6-9)7-8-15-14(20)13-10-3-1-2-4-11(10)17-18-13/h1-4,9H,5-8H2,(H,15,20)(H,16,19)(H,17,18). The molecule has 0 aliphatic heterocycles. The molecule has 2 amide bonds. The molecule has 2 aromatic rings. The third-order valence-corrected chi connectivity index (χ3v) is 3.27. The van der Waals surface area contributed by atoms with Crippen molar-refractivity contribution in [1.82, 2.24) is 20.8 Å². The molecule has 0 radical (unpaired) electrons. The Hall–Kier alpha value is -2.37. The van der Waals surface area contributed by atoms with Crippen LogP contribution in [0, 0.1) is 0 Å². The Kier molecular flexibility index (Phi) is 3.37. The molecule has 0 saturated heterocycles. The van der Waals surface area contributed by atoms with E-state index in [0.29, 0.717) is 24.7 Å². The Labute approximate surface area is 115 Å². The molecule has 20 heavy (non-hydrogen) atoms. The first-order valence-electron chi connectivity index (χ1n) is 6.75. The van der Waals surface area contributed by atoms with Crippen LogP contribution >= 0.6 is 0 Å². The Morgan fingerprint density at radius 3 is 2.90 bits per heavy atom. The van der Waals surface area contributed by atoms with Gasteiger partial charge in [0.1, 0.15) is 0 Å². The zero-order valence-corrected chi connectivity index (χ0v) is 11.0. The summed E-state index contributed by atoms with van der Waals surface area (Å²) in [5.41, 5.74) is 1.19. The molecule has 1 aliphatic carbocycles. The van der Waals surface area contributed by atoms with Gasteiger partial charge in [0.2, 0.25) is 5.91 Å². The highest BCUT2D eigenvalue weighted by Crippen LogP contribution is 2.18. The Balaban J connectivity index is 1.54. The molecule has 0 spiro atoms. The van der Waals surface area contributed by atoms with Crippen LogP contribution in [0.4, 0.5) is 0 Å². The van der Waals surface area contributed by atoms with Gasteiger partial charge in [0.05, 0.1) is 5.52 Å². The van der Waals surface area contributed by atoms with Gasteiger partial charge < -0.3 is 10.6 Å².